The molecule has 0 aromatic heterocycles. The van der Waals surface area contributed by atoms with Crippen LogP contribution in [0.5, 0.6) is 0 Å². The monoisotopic (exact) mass is 417 g/mol. The number of hydrogen-bond acceptors (Lipinski definition) is 3. The Balaban J connectivity index is 2.18. The minimum atomic E-state index is -0.880. The number of benzene rings is 1. The molecular formula is C16H20INO4. The second-order valence-electron chi connectivity index (χ2n) is 6.49. The van der Waals surface area contributed by atoms with E-state index in [1.165, 1.54) is 4.90 Å². The summed E-state index contributed by atoms with van der Waals surface area (Å²) in [6.45, 7) is 5.94. The zero-order chi connectivity index (χ0) is 16.5. The fraction of sp³-hybridized carbons (Fsp3) is 0.500. The highest BCUT2D eigenvalue weighted by molar-refractivity contribution is 14.1. The third-order valence-electron chi connectivity index (χ3n) is 3.59. The molecule has 0 saturated carbocycles. The number of rotatable bonds is 2. The fourth-order valence-corrected chi connectivity index (χ4v) is 2.94. The average molecular weight is 417 g/mol. The van der Waals surface area contributed by atoms with Gasteiger partial charge in [0.2, 0.25) is 0 Å². The van der Waals surface area contributed by atoms with E-state index < -0.39 is 23.6 Å². The molecule has 5 nitrogen and oxygen atoms in total. The second-order valence-corrected chi connectivity index (χ2v) is 7.73. The van der Waals surface area contributed by atoms with Crippen molar-refractivity contribution in [3.8, 4) is 0 Å². The lowest BCUT2D eigenvalue weighted by Crippen LogP contribution is -2.35. The van der Waals surface area contributed by atoms with Gasteiger partial charge in [-0.1, -0.05) is 12.1 Å². The standard InChI is InChI=1S/C16H20INO4/c1-16(2,3)22-15(21)18-8-12(13(9-18)14(19)20)10-4-6-11(17)7-5-10/h4-7,12-13H,8-9H2,1-3H3,(H,19,20)/t12-,13+/m0/s1. The normalized spacial score (nSPS) is 21.7. The van der Waals surface area contributed by atoms with E-state index in [0.717, 1.165) is 9.13 Å². The molecule has 2 atom stereocenters. The summed E-state index contributed by atoms with van der Waals surface area (Å²) >= 11 is 2.21. The van der Waals surface area contributed by atoms with Crippen LogP contribution in [0, 0.1) is 9.49 Å². The maximum Gasteiger partial charge on any atom is 0.410 e. The van der Waals surface area contributed by atoms with Gasteiger partial charge < -0.3 is 14.7 Å². The molecule has 0 aliphatic carbocycles. The summed E-state index contributed by atoms with van der Waals surface area (Å²) in [5, 5.41) is 9.45. The molecule has 0 radical (unpaired) electrons. The third kappa shape index (κ3) is 4.12. The van der Waals surface area contributed by atoms with Crippen molar-refractivity contribution in [3.05, 3.63) is 33.4 Å². The van der Waals surface area contributed by atoms with Crippen LogP contribution in [0.1, 0.15) is 32.3 Å². The summed E-state index contributed by atoms with van der Waals surface area (Å²) in [5.41, 5.74) is 0.357. The van der Waals surface area contributed by atoms with Gasteiger partial charge in [0.15, 0.2) is 0 Å². The number of hydrogen-bond donors (Lipinski definition) is 1. The van der Waals surface area contributed by atoms with Crippen LogP contribution in [0.3, 0.4) is 0 Å². The van der Waals surface area contributed by atoms with Crippen molar-refractivity contribution in [2.45, 2.75) is 32.3 Å². The maximum absolute atomic E-state index is 12.2. The molecule has 1 amide bonds. The van der Waals surface area contributed by atoms with Crippen LogP contribution in [-0.4, -0.2) is 40.8 Å². The maximum atomic E-state index is 12.2. The molecular weight excluding hydrogens is 397 g/mol. The predicted molar refractivity (Wildman–Crippen MR) is 90.8 cm³/mol. The number of carbonyl (C=O) groups excluding carboxylic acids is 1. The van der Waals surface area contributed by atoms with E-state index in [0.29, 0.717) is 6.54 Å². The summed E-state index contributed by atoms with van der Waals surface area (Å²) in [6, 6.07) is 7.76. The molecule has 6 heteroatoms. The summed E-state index contributed by atoms with van der Waals surface area (Å²) in [7, 11) is 0. The highest BCUT2D eigenvalue weighted by Crippen LogP contribution is 2.34. The fourth-order valence-electron chi connectivity index (χ4n) is 2.58. The van der Waals surface area contributed by atoms with Gasteiger partial charge in [-0.2, -0.15) is 0 Å². The molecule has 1 aliphatic rings. The Morgan fingerprint density at radius 3 is 2.32 bits per heavy atom. The molecule has 1 N–H and O–H groups in total. The molecule has 1 fully saturated rings. The van der Waals surface area contributed by atoms with Crippen molar-refractivity contribution in [2.75, 3.05) is 13.1 Å². The van der Waals surface area contributed by atoms with Crippen LogP contribution in [0.4, 0.5) is 4.79 Å². The molecule has 1 saturated heterocycles. The van der Waals surface area contributed by atoms with Crippen LogP contribution in [0.25, 0.3) is 0 Å². The van der Waals surface area contributed by atoms with Gasteiger partial charge in [-0.3, -0.25) is 4.79 Å². The second kappa shape index (κ2) is 6.44. The molecule has 1 aromatic carbocycles. The predicted octanol–water partition coefficient (Wildman–Crippen LogP) is 3.33. The average Bonchev–Trinajstić information content (AvgIpc) is 2.83. The van der Waals surface area contributed by atoms with Crippen molar-refractivity contribution in [2.24, 2.45) is 5.92 Å². The number of carboxylic acids is 1. The van der Waals surface area contributed by atoms with E-state index in [1.54, 1.807) is 20.8 Å². The van der Waals surface area contributed by atoms with Crippen LogP contribution < -0.4 is 0 Å². The number of carboxylic acid groups (broad SMARTS) is 1. The van der Waals surface area contributed by atoms with Crippen molar-refractivity contribution >= 4 is 34.7 Å². The highest BCUT2D eigenvalue weighted by atomic mass is 127. The van der Waals surface area contributed by atoms with Crippen molar-refractivity contribution in [1.82, 2.24) is 4.90 Å². The van der Waals surface area contributed by atoms with Crippen molar-refractivity contribution in [3.63, 3.8) is 0 Å². The Morgan fingerprint density at radius 2 is 1.82 bits per heavy atom. The summed E-state index contributed by atoms with van der Waals surface area (Å²) in [5.74, 6) is -1.69. The minimum Gasteiger partial charge on any atom is -0.481 e. The molecule has 120 valence electrons. The highest BCUT2D eigenvalue weighted by Gasteiger charge is 2.41. The van der Waals surface area contributed by atoms with Gasteiger partial charge in [0, 0.05) is 22.6 Å². The zero-order valence-electron chi connectivity index (χ0n) is 12.9. The molecule has 0 bridgehead atoms. The topological polar surface area (TPSA) is 66.8 Å². The van der Waals surface area contributed by atoms with E-state index in [4.69, 9.17) is 4.74 Å². The first kappa shape index (κ1) is 17.1. The van der Waals surface area contributed by atoms with Crippen LogP contribution in [-0.2, 0) is 9.53 Å². The summed E-state index contributed by atoms with van der Waals surface area (Å²) < 4.78 is 6.44. The molecule has 1 heterocycles. The largest absolute Gasteiger partial charge is 0.481 e. The number of halogens is 1. The number of aliphatic carboxylic acids is 1. The van der Waals surface area contributed by atoms with E-state index >= 15 is 0 Å². The molecule has 0 spiro atoms. The van der Waals surface area contributed by atoms with E-state index in [-0.39, 0.29) is 12.5 Å². The lowest BCUT2D eigenvalue weighted by molar-refractivity contribution is -0.141. The van der Waals surface area contributed by atoms with Crippen molar-refractivity contribution < 1.29 is 19.4 Å². The van der Waals surface area contributed by atoms with Crippen LogP contribution >= 0.6 is 22.6 Å². The Bertz CT molecular complexity index is 565. The molecule has 1 aliphatic heterocycles. The Morgan fingerprint density at radius 1 is 1.23 bits per heavy atom. The quantitative estimate of drug-likeness (QED) is 0.750. The van der Waals surface area contributed by atoms with Gasteiger partial charge in [0.25, 0.3) is 0 Å². The van der Waals surface area contributed by atoms with Crippen LogP contribution in [0.2, 0.25) is 0 Å². The van der Waals surface area contributed by atoms with Gasteiger partial charge in [0.1, 0.15) is 5.60 Å². The first-order chi connectivity index (χ1) is 10.2. The molecule has 0 unspecified atom stereocenters. The summed E-state index contributed by atoms with van der Waals surface area (Å²) in [4.78, 5) is 25.2. The summed E-state index contributed by atoms with van der Waals surface area (Å²) in [6.07, 6.45) is -0.452. The minimum absolute atomic E-state index is 0.181. The number of likely N-dealkylation sites (tertiary alicyclic amines) is 1. The SMILES string of the molecule is CC(C)(C)OC(=O)N1C[C@@H](C(=O)O)[C@H](c2ccc(I)cc2)C1. The third-order valence-corrected chi connectivity index (χ3v) is 4.31. The Hall–Kier alpha value is -1.31. The lowest BCUT2D eigenvalue weighted by atomic mass is 9.89. The smallest absolute Gasteiger partial charge is 0.410 e. The number of carbonyl (C=O) groups is 2. The van der Waals surface area contributed by atoms with Gasteiger partial charge in [0.05, 0.1) is 5.92 Å². The van der Waals surface area contributed by atoms with E-state index in [1.807, 2.05) is 24.3 Å². The first-order valence-corrected chi connectivity index (χ1v) is 8.21. The molecule has 2 rings (SSSR count). The Labute approximate surface area is 143 Å². The molecule has 22 heavy (non-hydrogen) atoms. The van der Waals surface area contributed by atoms with Gasteiger partial charge in [-0.25, -0.2) is 4.79 Å². The van der Waals surface area contributed by atoms with Gasteiger partial charge in [-0.15, -0.1) is 0 Å². The lowest BCUT2D eigenvalue weighted by Gasteiger charge is -2.24. The van der Waals surface area contributed by atoms with E-state index in [2.05, 4.69) is 22.6 Å². The number of amides is 1. The Kier molecular flexibility index (Phi) is 4.99. The van der Waals surface area contributed by atoms with Crippen molar-refractivity contribution in [1.29, 1.82) is 0 Å². The van der Waals surface area contributed by atoms with E-state index in [9.17, 15) is 14.7 Å². The van der Waals surface area contributed by atoms with Gasteiger partial charge >= 0.3 is 12.1 Å². The number of nitrogens with zero attached hydrogens (tertiary/aromatic N) is 1. The van der Waals surface area contributed by atoms with Crippen LogP contribution in [0.15, 0.2) is 24.3 Å². The van der Waals surface area contributed by atoms with Gasteiger partial charge in [-0.05, 0) is 61.1 Å². The first-order valence-electron chi connectivity index (χ1n) is 7.13. The number of ether oxygens (including phenoxy) is 1. The molecule has 1 aromatic rings. The zero-order valence-corrected chi connectivity index (χ0v) is 15.0.